The predicted octanol–water partition coefficient (Wildman–Crippen LogP) is 1.27. The molecule has 2 saturated heterocycles. The summed E-state index contributed by atoms with van der Waals surface area (Å²) in [5.74, 6) is -1.56. The Morgan fingerprint density at radius 1 is 1.14 bits per heavy atom. The fourth-order valence-corrected chi connectivity index (χ4v) is 5.76. The van der Waals surface area contributed by atoms with E-state index in [9.17, 15) is 14.4 Å². The molecule has 3 heterocycles. The minimum absolute atomic E-state index is 0.0767. The molecular formula is C22H31N3O4. The van der Waals surface area contributed by atoms with E-state index in [-0.39, 0.29) is 29.8 Å². The van der Waals surface area contributed by atoms with Crippen molar-refractivity contribution in [1.29, 1.82) is 0 Å². The van der Waals surface area contributed by atoms with Crippen molar-refractivity contribution < 1.29 is 19.1 Å². The van der Waals surface area contributed by atoms with Gasteiger partial charge in [-0.15, -0.1) is 0 Å². The number of carbonyl (C=O) groups is 3. The zero-order valence-electron chi connectivity index (χ0n) is 17.4. The van der Waals surface area contributed by atoms with Gasteiger partial charge in [-0.2, -0.15) is 0 Å². The molecule has 5 atom stereocenters. The van der Waals surface area contributed by atoms with Crippen LogP contribution in [-0.2, 0) is 19.1 Å². The van der Waals surface area contributed by atoms with Crippen molar-refractivity contribution in [2.75, 3.05) is 0 Å². The minimum atomic E-state index is -1.03. The first kappa shape index (κ1) is 19.1. The Labute approximate surface area is 171 Å². The molecule has 5 aliphatic rings. The van der Waals surface area contributed by atoms with Gasteiger partial charge in [-0.3, -0.25) is 14.4 Å². The molecule has 158 valence electrons. The van der Waals surface area contributed by atoms with Crippen molar-refractivity contribution >= 4 is 17.7 Å². The fraction of sp³-hybridized carbons (Fsp3) is 0.773. The number of amides is 3. The van der Waals surface area contributed by atoms with Crippen LogP contribution in [0.25, 0.3) is 0 Å². The molecular weight excluding hydrogens is 370 g/mol. The second kappa shape index (κ2) is 6.30. The van der Waals surface area contributed by atoms with Gasteiger partial charge in [-0.1, -0.05) is 25.0 Å². The number of hydrogen-bond donors (Lipinski definition) is 2. The molecule has 4 fully saturated rings. The van der Waals surface area contributed by atoms with E-state index in [0.29, 0.717) is 0 Å². The van der Waals surface area contributed by atoms with Crippen molar-refractivity contribution in [1.82, 2.24) is 15.5 Å². The number of nitrogens with zero attached hydrogens (tertiary/aromatic N) is 1. The van der Waals surface area contributed by atoms with E-state index < -0.39 is 35.1 Å². The van der Waals surface area contributed by atoms with E-state index in [2.05, 4.69) is 10.6 Å². The standard InChI is InChI=1S/C22H31N3O4/c1-21(2,3)24-19(27)17-22-11-10-14(29-22)15(18(26)23-12-6-4-5-7-12)16(22)20(28)25(17)13-8-9-13/h10-17H,4-9H2,1-3H3,(H,23,26)(H,24,27)/t14-,15-,16-,17+,22+/m1/s1. The maximum atomic E-state index is 13.5. The second-order valence-corrected chi connectivity index (χ2v) is 10.4. The average Bonchev–Trinajstić information content (AvgIpc) is 2.99. The van der Waals surface area contributed by atoms with Crippen LogP contribution in [0.5, 0.6) is 0 Å². The molecule has 0 radical (unpaired) electrons. The van der Waals surface area contributed by atoms with Gasteiger partial charge in [0, 0.05) is 17.6 Å². The van der Waals surface area contributed by atoms with Gasteiger partial charge >= 0.3 is 0 Å². The molecule has 3 aliphatic heterocycles. The van der Waals surface area contributed by atoms with Crippen LogP contribution in [0, 0.1) is 11.8 Å². The molecule has 2 aliphatic carbocycles. The van der Waals surface area contributed by atoms with Crippen LogP contribution in [0.3, 0.4) is 0 Å². The Kier molecular flexibility index (Phi) is 4.15. The van der Waals surface area contributed by atoms with Crippen LogP contribution >= 0.6 is 0 Å². The molecule has 2 saturated carbocycles. The van der Waals surface area contributed by atoms with Crippen molar-refractivity contribution in [3.05, 3.63) is 12.2 Å². The zero-order chi connectivity index (χ0) is 20.6. The van der Waals surface area contributed by atoms with Gasteiger partial charge in [-0.05, 0) is 46.5 Å². The maximum Gasteiger partial charge on any atom is 0.246 e. The SMILES string of the molecule is CC(C)(C)NC(=O)[C@@H]1N(C2CC2)C(=O)[C@H]2[C@H](C(=O)NC3CCCC3)[C@H]3C=C[C@@]12O3. The van der Waals surface area contributed by atoms with Crippen LogP contribution in [0.4, 0.5) is 0 Å². The number of carbonyl (C=O) groups excluding carboxylic acids is 3. The van der Waals surface area contributed by atoms with E-state index in [1.54, 1.807) is 4.90 Å². The number of rotatable bonds is 4. The average molecular weight is 402 g/mol. The smallest absolute Gasteiger partial charge is 0.246 e. The quantitative estimate of drug-likeness (QED) is 0.695. The Bertz CT molecular complexity index is 777. The molecule has 5 rings (SSSR count). The Balaban J connectivity index is 1.46. The monoisotopic (exact) mass is 401 g/mol. The molecule has 7 heteroatoms. The molecule has 2 N–H and O–H groups in total. The molecule has 0 unspecified atom stereocenters. The van der Waals surface area contributed by atoms with Crippen LogP contribution in [0.15, 0.2) is 12.2 Å². The molecule has 2 bridgehead atoms. The summed E-state index contributed by atoms with van der Waals surface area (Å²) in [5, 5.41) is 6.19. The van der Waals surface area contributed by atoms with Gasteiger partial charge in [0.05, 0.1) is 17.9 Å². The van der Waals surface area contributed by atoms with Gasteiger partial charge in [0.15, 0.2) is 0 Å². The van der Waals surface area contributed by atoms with Crippen LogP contribution in [0.1, 0.15) is 59.3 Å². The van der Waals surface area contributed by atoms with Crippen LogP contribution in [-0.4, -0.2) is 58.0 Å². The predicted molar refractivity (Wildman–Crippen MR) is 106 cm³/mol. The highest BCUT2D eigenvalue weighted by Gasteiger charge is 2.74. The third-order valence-electron chi connectivity index (χ3n) is 7.00. The topological polar surface area (TPSA) is 87.7 Å². The first-order valence-electron chi connectivity index (χ1n) is 11.0. The van der Waals surface area contributed by atoms with Crippen LogP contribution < -0.4 is 10.6 Å². The number of ether oxygens (including phenoxy) is 1. The minimum Gasteiger partial charge on any atom is -0.359 e. The summed E-state index contributed by atoms with van der Waals surface area (Å²) in [5.41, 5.74) is -1.44. The molecule has 0 aromatic heterocycles. The first-order chi connectivity index (χ1) is 13.7. The second-order valence-electron chi connectivity index (χ2n) is 10.4. The summed E-state index contributed by atoms with van der Waals surface area (Å²) in [6.07, 6.45) is 9.39. The summed E-state index contributed by atoms with van der Waals surface area (Å²) in [6, 6.07) is -0.442. The van der Waals surface area contributed by atoms with Gasteiger partial charge in [0.2, 0.25) is 17.7 Å². The highest BCUT2D eigenvalue weighted by Crippen LogP contribution is 2.57. The van der Waals surface area contributed by atoms with E-state index in [1.165, 1.54) is 0 Å². The van der Waals surface area contributed by atoms with Gasteiger partial charge in [0.1, 0.15) is 11.6 Å². The summed E-state index contributed by atoms with van der Waals surface area (Å²) in [4.78, 5) is 41.8. The van der Waals surface area contributed by atoms with Crippen molar-refractivity contribution in [3.8, 4) is 0 Å². The zero-order valence-corrected chi connectivity index (χ0v) is 17.4. The third kappa shape index (κ3) is 2.92. The lowest BCUT2D eigenvalue weighted by Gasteiger charge is -2.34. The third-order valence-corrected chi connectivity index (χ3v) is 7.00. The van der Waals surface area contributed by atoms with Gasteiger partial charge in [0.25, 0.3) is 0 Å². The number of likely N-dealkylation sites (tertiary alicyclic amines) is 1. The largest absolute Gasteiger partial charge is 0.359 e. The summed E-state index contributed by atoms with van der Waals surface area (Å²) in [7, 11) is 0. The molecule has 7 nitrogen and oxygen atoms in total. The van der Waals surface area contributed by atoms with E-state index in [4.69, 9.17) is 4.74 Å². The highest BCUT2D eigenvalue weighted by molar-refractivity contribution is 6.00. The Morgan fingerprint density at radius 2 is 1.83 bits per heavy atom. The molecule has 1 spiro atoms. The van der Waals surface area contributed by atoms with Crippen molar-refractivity contribution in [2.45, 2.75) is 94.7 Å². The van der Waals surface area contributed by atoms with Crippen LogP contribution in [0.2, 0.25) is 0 Å². The molecule has 29 heavy (non-hydrogen) atoms. The fourth-order valence-electron chi connectivity index (χ4n) is 5.76. The van der Waals surface area contributed by atoms with Crippen molar-refractivity contribution in [2.24, 2.45) is 11.8 Å². The Hall–Kier alpha value is -1.89. The number of nitrogens with one attached hydrogen (secondary N) is 2. The van der Waals surface area contributed by atoms with E-state index >= 15 is 0 Å². The lowest BCUT2D eigenvalue weighted by molar-refractivity contribution is -0.143. The lowest BCUT2D eigenvalue weighted by atomic mass is 9.74. The maximum absolute atomic E-state index is 13.5. The van der Waals surface area contributed by atoms with E-state index in [1.807, 2.05) is 32.9 Å². The van der Waals surface area contributed by atoms with Gasteiger partial charge in [-0.25, -0.2) is 0 Å². The summed E-state index contributed by atoms with van der Waals surface area (Å²) >= 11 is 0. The van der Waals surface area contributed by atoms with Gasteiger partial charge < -0.3 is 20.3 Å². The summed E-state index contributed by atoms with van der Waals surface area (Å²) < 4.78 is 6.31. The Morgan fingerprint density at radius 3 is 2.45 bits per heavy atom. The van der Waals surface area contributed by atoms with Crippen molar-refractivity contribution in [3.63, 3.8) is 0 Å². The van der Waals surface area contributed by atoms with E-state index in [0.717, 1.165) is 38.5 Å². The molecule has 3 amide bonds. The number of hydrogen-bond acceptors (Lipinski definition) is 4. The number of fused-ring (bicyclic) bond motifs is 1. The first-order valence-corrected chi connectivity index (χ1v) is 11.0. The summed E-state index contributed by atoms with van der Waals surface area (Å²) in [6.45, 7) is 5.79. The molecule has 0 aromatic rings. The normalized spacial score (nSPS) is 38.6. The lowest BCUT2D eigenvalue weighted by Crippen LogP contribution is -2.58. The highest BCUT2D eigenvalue weighted by atomic mass is 16.5. The molecule has 0 aromatic carbocycles.